The standard InChI is InChI=1S/C16H16BrN3O2/c17-13-7-3-1-5-11(13)9-10-19-16(22)20-14-8-4-2-6-12(14)15(18)21/h1-8H,9-10H2,(H2,18,21)(H2,19,20,22). The van der Waals surface area contributed by atoms with E-state index in [2.05, 4.69) is 26.6 Å². The fourth-order valence-corrected chi connectivity index (χ4v) is 2.47. The van der Waals surface area contributed by atoms with E-state index >= 15 is 0 Å². The highest BCUT2D eigenvalue weighted by Crippen LogP contribution is 2.16. The molecule has 0 bridgehead atoms. The SMILES string of the molecule is NC(=O)c1ccccc1NC(=O)NCCc1ccccc1Br. The van der Waals surface area contributed by atoms with Crippen LogP contribution < -0.4 is 16.4 Å². The van der Waals surface area contributed by atoms with E-state index in [-0.39, 0.29) is 11.6 Å². The molecule has 0 fully saturated rings. The molecule has 0 aliphatic rings. The van der Waals surface area contributed by atoms with Crippen molar-refractivity contribution in [1.29, 1.82) is 0 Å². The topological polar surface area (TPSA) is 84.2 Å². The zero-order valence-electron chi connectivity index (χ0n) is 11.8. The van der Waals surface area contributed by atoms with E-state index < -0.39 is 5.91 Å². The van der Waals surface area contributed by atoms with Crippen molar-refractivity contribution in [3.05, 3.63) is 64.1 Å². The fraction of sp³-hybridized carbons (Fsp3) is 0.125. The second kappa shape index (κ2) is 7.61. The largest absolute Gasteiger partial charge is 0.366 e. The number of rotatable bonds is 5. The van der Waals surface area contributed by atoms with E-state index in [1.165, 1.54) is 0 Å². The Morgan fingerprint density at radius 2 is 1.73 bits per heavy atom. The molecule has 0 aromatic heterocycles. The van der Waals surface area contributed by atoms with Crippen LogP contribution >= 0.6 is 15.9 Å². The number of amides is 3. The molecule has 2 aromatic rings. The minimum absolute atomic E-state index is 0.281. The van der Waals surface area contributed by atoms with Crippen LogP contribution in [0.25, 0.3) is 0 Å². The Labute approximate surface area is 137 Å². The first-order valence-electron chi connectivity index (χ1n) is 6.75. The van der Waals surface area contributed by atoms with E-state index in [0.717, 1.165) is 10.0 Å². The molecule has 5 nitrogen and oxygen atoms in total. The summed E-state index contributed by atoms with van der Waals surface area (Å²) in [6, 6.07) is 14.1. The maximum absolute atomic E-state index is 11.9. The number of hydrogen-bond donors (Lipinski definition) is 3. The quantitative estimate of drug-likeness (QED) is 0.764. The number of carbonyl (C=O) groups excluding carboxylic acids is 2. The Morgan fingerprint density at radius 1 is 1.05 bits per heavy atom. The van der Waals surface area contributed by atoms with E-state index in [1.807, 2.05) is 24.3 Å². The molecule has 3 amide bonds. The van der Waals surface area contributed by atoms with Gasteiger partial charge in [0.2, 0.25) is 0 Å². The number of nitrogens with two attached hydrogens (primary N) is 1. The van der Waals surface area contributed by atoms with Crippen LogP contribution in [0.2, 0.25) is 0 Å². The zero-order valence-corrected chi connectivity index (χ0v) is 13.4. The smallest absolute Gasteiger partial charge is 0.319 e. The molecule has 0 aliphatic heterocycles. The Balaban J connectivity index is 1.89. The summed E-state index contributed by atoms with van der Waals surface area (Å²) in [6.07, 6.45) is 0.701. The maximum atomic E-state index is 11.9. The highest BCUT2D eigenvalue weighted by molar-refractivity contribution is 9.10. The number of urea groups is 1. The Morgan fingerprint density at radius 3 is 2.45 bits per heavy atom. The number of primary amides is 1. The number of benzene rings is 2. The molecule has 0 aliphatic carbocycles. The molecule has 0 atom stereocenters. The lowest BCUT2D eigenvalue weighted by Gasteiger charge is -2.10. The average Bonchev–Trinajstić information content (AvgIpc) is 2.49. The van der Waals surface area contributed by atoms with Crippen molar-refractivity contribution < 1.29 is 9.59 Å². The molecule has 0 saturated heterocycles. The molecule has 4 N–H and O–H groups in total. The monoisotopic (exact) mass is 361 g/mol. The van der Waals surface area contributed by atoms with Crippen LogP contribution in [0.5, 0.6) is 0 Å². The summed E-state index contributed by atoms with van der Waals surface area (Å²) in [5, 5.41) is 5.38. The summed E-state index contributed by atoms with van der Waals surface area (Å²) >= 11 is 3.46. The van der Waals surface area contributed by atoms with E-state index in [9.17, 15) is 9.59 Å². The lowest BCUT2D eigenvalue weighted by Crippen LogP contribution is -2.31. The third-order valence-electron chi connectivity index (χ3n) is 3.08. The summed E-state index contributed by atoms with van der Waals surface area (Å²) in [6.45, 7) is 0.479. The van der Waals surface area contributed by atoms with Gasteiger partial charge < -0.3 is 16.4 Å². The van der Waals surface area contributed by atoms with Gasteiger partial charge in [0.15, 0.2) is 0 Å². The van der Waals surface area contributed by atoms with Gasteiger partial charge in [-0.15, -0.1) is 0 Å². The van der Waals surface area contributed by atoms with E-state index in [4.69, 9.17) is 5.73 Å². The van der Waals surface area contributed by atoms with Gasteiger partial charge in [-0.1, -0.05) is 46.3 Å². The summed E-state index contributed by atoms with van der Waals surface area (Å²) in [7, 11) is 0. The van der Waals surface area contributed by atoms with E-state index in [0.29, 0.717) is 18.7 Å². The number of anilines is 1. The fourth-order valence-electron chi connectivity index (χ4n) is 1.99. The average molecular weight is 362 g/mol. The predicted molar refractivity (Wildman–Crippen MR) is 89.8 cm³/mol. The molecule has 0 saturated carbocycles. The molecular formula is C16H16BrN3O2. The van der Waals surface area contributed by atoms with Crippen LogP contribution in [-0.4, -0.2) is 18.5 Å². The summed E-state index contributed by atoms with van der Waals surface area (Å²) in [5.41, 5.74) is 7.06. The zero-order chi connectivity index (χ0) is 15.9. The maximum Gasteiger partial charge on any atom is 0.319 e. The minimum Gasteiger partial charge on any atom is -0.366 e. The van der Waals surface area contributed by atoms with Crippen LogP contribution in [0.15, 0.2) is 53.0 Å². The molecule has 2 aromatic carbocycles. The second-order valence-electron chi connectivity index (χ2n) is 4.63. The Kier molecular flexibility index (Phi) is 5.55. The van der Waals surface area contributed by atoms with Gasteiger partial charge in [0, 0.05) is 11.0 Å². The lowest BCUT2D eigenvalue weighted by atomic mass is 10.1. The van der Waals surface area contributed by atoms with Crippen molar-refractivity contribution in [2.45, 2.75) is 6.42 Å². The van der Waals surface area contributed by atoms with Crippen LogP contribution in [-0.2, 0) is 6.42 Å². The van der Waals surface area contributed by atoms with Crippen molar-refractivity contribution in [1.82, 2.24) is 5.32 Å². The third kappa shape index (κ3) is 4.33. The first-order valence-corrected chi connectivity index (χ1v) is 7.54. The number of para-hydroxylation sites is 1. The molecule has 6 heteroatoms. The first-order chi connectivity index (χ1) is 10.6. The number of hydrogen-bond acceptors (Lipinski definition) is 2. The van der Waals surface area contributed by atoms with Crippen molar-refractivity contribution in [3.63, 3.8) is 0 Å². The number of halogens is 1. The lowest BCUT2D eigenvalue weighted by molar-refractivity contribution is 0.100. The Bertz CT molecular complexity index is 689. The molecule has 0 radical (unpaired) electrons. The van der Waals surface area contributed by atoms with Gasteiger partial charge in [-0.3, -0.25) is 4.79 Å². The van der Waals surface area contributed by atoms with Gasteiger partial charge in [0.25, 0.3) is 5.91 Å². The van der Waals surface area contributed by atoms with Gasteiger partial charge in [0.05, 0.1) is 11.3 Å². The highest BCUT2D eigenvalue weighted by Gasteiger charge is 2.09. The molecule has 22 heavy (non-hydrogen) atoms. The molecule has 2 rings (SSSR count). The predicted octanol–water partition coefficient (Wildman–Crippen LogP) is 2.91. The van der Waals surface area contributed by atoms with Crippen molar-refractivity contribution >= 4 is 33.6 Å². The molecule has 0 heterocycles. The molecule has 114 valence electrons. The highest BCUT2D eigenvalue weighted by atomic mass is 79.9. The molecule has 0 unspecified atom stereocenters. The molecular weight excluding hydrogens is 346 g/mol. The van der Waals surface area contributed by atoms with Crippen LogP contribution in [0.3, 0.4) is 0 Å². The van der Waals surface area contributed by atoms with Gasteiger partial charge in [-0.2, -0.15) is 0 Å². The second-order valence-corrected chi connectivity index (χ2v) is 5.49. The van der Waals surface area contributed by atoms with Crippen LogP contribution in [0, 0.1) is 0 Å². The van der Waals surface area contributed by atoms with E-state index in [1.54, 1.807) is 24.3 Å². The summed E-state index contributed by atoms with van der Waals surface area (Å²) in [5.74, 6) is -0.580. The van der Waals surface area contributed by atoms with Gasteiger partial charge >= 0.3 is 6.03 Å². The van der Waals surface area contributed by atoms with Crippen molar-refractivity contribution in [3.8, 4) is 0 Å². The van der Waals surface area contributed by atoms with Crippen molar-refractivity contribution in [2.24, 2.45) is 5.73 Å². The minimum atomic E-state index is -0.580. The Hall–Kier alpha value is -2.34. The normalized spacial score (nSPS) is 10.0. The number of carbonyl (C=O) groups is 2. The number of nitrogens with one attached hydrogen (secondary N) is 2. The third-order valence-corrected chi connectivity index (χ3v) is 3.85. The van der Waals surface area contributed by atoms with Gasteiger partial charge in [-0.25, -0.2) is 4.79 Å². The first kappa shape index (κ1) is 16.0. The molecule has 0 spiro atoms. The van der Waals surface area contributed by atoms with Gasteiger partial charge in [-0.05, 0) is 30.2 Å². The summed E-state index contributed by atoms with van der Waals surface area (Å²) < 4.78 is 1.01. The van der Waals surface area contributed by atoms with Gasteiger partial charge in [0.1, 0.15) is 0 Å². The van der Waals surface area contributed by atoms with Crippen LogP contribution in [0.4, 0.5) is 10.5 Å². The van der Waals surface area contributed by atoms with Crippen molar-refractivity contribution in [2.75, 3.05) is 11.9 Å². The summed E-state index contributed by atoms with van der Waals surface area (Å²) in [4.78, 5) is 23.2. The van der Waals surface area contributed by atoms with Crippen LogP contribution in [0.1, 0.15) is 15.9 Å².